The lowest BCUT2D eigenvalue weighted by Gasteiger charge is -2.38. The molecular formula is C31H38N8. The first-order valence-electron chi connectivity index (χ1n) is 14.2. The molecule has 0 N–H and O–H groups in total. The summed E-state index contributed by atoms with van der Waals surface area (Å²) in [6.45, 7) is 9.81. The van der Waals surface area contributed by atoms with Gasteiger partial charge in [-0.15, -0.1) is 0 Å². The SMILES string of the molecule is CCn1cc(-c2ccnc(Cc3ccc(N4CCN(CC5CCCN5C)CC4)cc3)n2)c(-c2cccnc2)n1. The summed E-state index contributed by atoms with van der Waals surface area (Å²) < 4.78 is 1.95. The summed E-state index contributed by atoms with van der Waals surface area (Å²) >= 11 is 0. The van der Waals surface area contributed by atoms with Crippen LogP contribution >= 0.6 is 0 Å². The van der Waals surface area contributed by atoms with E-state index in [0.717, 1.165) is 67.1 Å². The van der Waals surface area contributed by atoms with Crippen molar-refractivity contribution in [1.82, 2.24) is 34.5 Å². The highest BCUT2D eigenvalue weighted by Gasteiger charge is 2.25. The minimum atomic E-state index is 0.695. The first-order chi connectivity index (χ1) is 19.2. The molecule has 0 spiro atoms. The fourth-order valence-corrected chi connectivity index (χ4v) is 5.82. The largest absolute Gasteiger partial charge is 0.369 e. The number of hydrogen-bond donors (Lipinski definition) is 0. The van der Waals surface area contributed by atoms with Crippen molar-refractivity contribution in [2.45, 2.75) is 38.8 Å². The van der Waals surface area contributed by atoms with Crippen molar-refractivity contribution in [3.63, 3.8) is 0 Å². The monoisotopic (exact) mass is 522 g/mol. The van der Waals surface area contributed by atoms with Gasteiger partial charge in [-0.3, -0.25) is 14.6 Å². The Balaban J connectivity index is 1.11. The van der Waals surface area contributed by atoms with E-state index in [4.69, 9.17) is 10.1 Å². The first kappa shape index (κ1) is 25.6. The van der Waals surface area contributed by atoms with E-state index in [2.05, 4.69) is 69.1 Å². The van der Waals surface area contributed by atoms with E-state index in [1.165, 1.54) is 37.2 Å². The van der Waals surface area contributed by atoms with E-state index in [0.29, 0.717) is 6.42 Å². The maximum Gasteiger partial charge on any atom is 0.133 e. The van der Waals surface area contributed by atoms with Crippen LogP contribution in [0.1, 0.15) is 31.2 Å². The highest BCUT2D eigenvalue weighted by molar-refractivity contribution is 5.78. The first-order valence-corrected chi connectivity index (χ1v) is 14.2. The number of nitrogens with zero attached hydrogens (tertiary/aromatic N) is 8. The van der Waals surface area contributed by atoms with Crippen LogP contribution in [0.2, 0.25) is 0 Å². The van der Waals surface area contributed by atoms with Gasteiger partial charge in [0.1, 0.15) is 11.5 Å². The van der Waals surface area contributed by atoms with Gasteiger partial charge in [-0.25, -0.2) is 9.97 Å². The van der Waals surface area contributed by atoms with Crippen LogP contribution in [0.5, 0.6) is 0 Å². The number of aromatic nitrogens is 5. The number of aryl methyl sites for hydroxylation is 1. The van der Waals surface area contributed by atoms with Crippen molar-refractivity contribution in [3.8, 4) is 22.5 Å². The van der Waals surface area contributed by atoms with E-state index < -0.39 is 0 Å². The lowest BCUT2D eigenvalue weighted by molar-refractivity contribution is 0.185. The van der Waals surface area contributed by atoms with Gasteiger partial charge in [0.15, 0.2) is 0 Å². The molecule has 0 saturated carbocycles. The topological polar surface area (TPSA) is 66.2 Å². The molecule has 2 saturated heterocycles. The van der Waals surface area contributed by atoms with Crippen LogP contribution in [0.15, 0.2) is 67.3 Å². The third-order valence-electron chi connectivity index (χ3n) is 8.18. The zero-order valence-electron chi connectivity index (χ0n) is 23.1. The van der Waals surface area contributed by atoms with Gasteiger partial charge in [0, 0.05) is 93.3 Å². The molecular weight excluding hydrogens is 484 g/mol. The quantitative estimate of drug-likeness (QED) is 0.343. The highest BCUT2D eigenvalue weighted by Crippen LogP contribution is 2.29. The van der Waals surface area contributed by atoms with E-state index in [1.54, 1.807) is 6.20 Å². The Hall–Kier alpha value is -3.62. The minimum absolute atomic E-state index is 0.695. The number of benzene rings is 1. The predicted molar refractivity (Wildman–Crippen MR) is 156 cm³/mol. The number of hydrogen-bond acceptors (Lipinski definition) is 7. The maximum absolute atomic E-state index is 4.94. The Labute approximate surface area is 231 Å². The molecule has 0 aliphatic carbocycles. The average molecular weight is 523 g/mol. The van der Waals surface area contributed by atoms with Crippen LogP contribution in [0.25, 0.3) is 22.5 Å². The molecule has 8 heteroatoms. The van der Waals surface area contributed by atoms with Crippen LogP contribution in [0.3, 0.4) is 0 Å². The molecule has 0 radical (unpaired) electrons. The van der Waals surface area contributed by atoms with Crippen molar-refractivity contribution in [2.75, 3.05) is 51.2 Å². The summed E-state index contributed by atoms with van der Waals surface area (Å²) in [5.41, 5.74) is 6.30. The lowest BCUT2D eigenvalue weighted by Crippen LogP contribution is -2.50. The number of piperazine rings is 1. The standard InChI is InChI=1S/C31H38N8/c1-3-39-23-28(31(35-39)25-6-4-13-32-21-25)29-12-14-33-30(34-29)20-24-8-10-26(11-9-24)38-18-16-37(17-19-38)22-27-7-5-15-36(27)2/h4,6,8-14,21,23,27H,3,5,7,15-20,22H2,1-2H3. The third kappa shape index (κ3) is 5.87. The van der Waals surface area contributed by atoms with Gasteiger partial charge in [0.05, 0.1) is 5.69 Å². The molecule has 2 aliphatic rings. The summed E-state index contributed by atoms with van der Waals surface area (Å²) in [6.07, 6.45) is 10.9. The summed E-state index contributed by atoms with van der Waals surface area (Å²) in [5.74, 6) is 0.812. The van der Waals surface area contributed by atoms with Crippen molar-refractivity contribution >= 4 is 5.69 Å². The normalized spacial score (nSPS) is 18.6. The van der Waals surface area contributed by atoms with Gasteiger partial charge in [0.2, 0.25) is 0 Å². The van der Waals surface area contributed by atoms with E-state index >= 15 is 0 Å². The molecule has 1 atom stereocenters. The molecule has 1 unspecified atom stereocenters. The van der Waals surface area contributed by atoms with Crippen LogP contribution in [-0.4, -0.2) is 86.9 Å². The van der Waals surface area contributed by atoms with Crippen LogP contribution in [-0.2, 0) is 13.0 Å². The van der Waals surface area contributed by atoms with Gasteiger partial charge >= 0.3 is 0 Å². The van der Waals surface area contributed by atoms with Gasteiger partial charge in [-0.1, -0.05) is 12.1 Å². The van der Waals surface area contributed by atoms with Gasteiger partial charge < -0.3 is 9.80 Å². The van der Waals surface area contributed by atoms with E-state index in [-0.39, 0.29) is 0 Å². The second-order valence-corrected chi connectivity index (χ2v) is 10.8. The number of pyridine rings is 1. The van der Waals surface area contributed by atoms with Gasteiger partial charge in [-0.2, -0.15) is 5.10 Å². The van der Waals surface area contributed by atoms with Crippen molar-refractivity contribution in [2.24, 2.45) is 0 Å². The Morgan fingerprint density at radius 2 is 1.79 bits per heavy atom. The van der Waals surface area contributed by atoms with Crippen LogP contribution in [0.4, 0.5) is 5.69 Å². The molecule has 4 aromatic rings. The molecule has 5 heterocycles. The smallest absolute Gasteiger partial charge is 0.133 e. The Morgan fingerprint density at radius 3 is 2.51 bits per heavy atom. The van der Waals surface area contributed by atoms with E-state index in [9.17, 15) is 0 Å². The van der Waals surface area contributed by atoms with Gasteiger partial charge in [-0.05, 0) is 69.3 Å². The molecule has 0 amide bonds. The maximum atomic E-state index is 4.94. The summed E-state index contributed by atoms with van der Waals surface area (Å²) in [7, 11) is 2.27. The second-order valence-electron chi connectivity index (χ2n) is 10.8. The highest BCUT2D eigenvalue weighted by atomic mass is 15.3. The molecule has 39 heavy (non-hydrogen) atoms. The number of likely N-dealkylation sites (tertiary alicyclic amines) is 1. The van der Waals surface area contributed by atoms with Crippen molar-refractivity contribution < 1.29 is 0 Å². The predicted octanol–water partition coefficient (Wildman–Crippen LogP) is 4.23. The van der Waals surface area contributed by atoms with Crippen LogP contribution in [0, 0.1) is 0 Å². The van der Waals surface area contributed by atoms with Crippen LogP contribution < -0.4 is 4.90 Å². The second kappa shape index (κ2) is 11.6. The fourth-order valence-electron chi connectivity index (χ4n) is 5.82. The number of rotatable bonds is 8. The lowest BCUT2D eigenvalue weighted by atomic mass is 10.1. The van der Waals surface area contributed by atoms with Gasteiger partial charge in [0.25, 0.3) is 0 Å². The molecule has 2 aliphatic heterocycles. The summed E-state index contributed by atoms with van der Waals surface area (Å²) in [6, 6.07) is 15.6. The molecule has 3 aromatic heterocycles. The molecule has 6 rings (SSSR count). The summed E-state index contributed by atoms with van der Waals surface area (Å²) in [4.78, 5) is 21.5. The Kier molecular flexibility index (Phi) is 7.65. The van der Waals surface area contributed by atoms with Crippen molar-refractivity contribution in [3.05, 3.63) is 78.6 Å². The van der Waals surface area contributed by atoms with E-state index in [1.807, 2.05) is 35.3 Å². The zero-order chi connectivity index (χ0) is 26.6. The minimum Gasteiger partial charge on any atom is -0.369 e. The Bertz CT molecular complexity index is 1360. The summed E-state index contributed by atoms with van der Waals surface area (Å²) in [5, 5.41) is 4.78. The number of anilines is 1. The average Bonchev–Trinajstić information content (AvgIpc) is 3.61. The van der Waals surface area contributed by atoms with Crippen molar-refractivity contribution in [1.29, 1.82) is 0 Å². The molecule has 202 valence electrons. The zero-order valence-corrected chi connectivity index (χ0v) is 23.1. The molecule has 8 nitrogen and oxygen atoms in total. The molecule has 1 aromatic carbocycles. The fraction of sp³-hybridized carbons (Fsp3) is 0.419. The Morgan fingerprint density at radius 1 is 0.949 bits per heavy atom. The number of likely N-dealkylation sites (N-methyl/N-ethyl adjacent to an activating group) is 1. The molecule has 0 bridgehead atoms. The third-order valence-corrected chi connectivity index (χ3v) is 8.18. The molecule has 2 fully saturated rings.